The molecule has 0 bridgehead atoms. The Balaban J connectivity index is 1.66. The van der Waals surface area contributed by atoms with Crippen LogP contribution in [0, 0.1) is 0 Å². The Kier molecular flexibility index (Phi) is 3.66. The summed E-state index contributed by atoms with van der Waals surface area (Å²) in [5.41, 5.74) is 1.02. The van der Waals surface area contributed by atoms with Crippen LogP contribution < -0.4 is 10.2 Å². The van der Waals surface area contributed by atoms with Crippen molar-refractivity contribution in [3.05, 3.63) is 18.1 Å². The minimum Gasteiger partial charge on any atom is -0.372 e. The normalized spacial score (nSPS) is 27.6. The predicted octanol–water partition coefficient (Wildman–Crippen LogP) is 1.34. The SMILES string of the molecule is CC1CN(c2cncc(CNC3CC3)n2)CC(C)O1. The Morgan fingerprint density at radius 3 is 2.68 bits per heavy atom. The lowest BCUT2D eigenvalue weighted by atomic mass is 10.2. The maximum Gasteiger partial charge on any atom is 0.147 e. The van der Waals surface area contributed by atoms with Crippen LogP contribution in [-0.2, 0) is 11.3 Å². The van der Waals surface area contributed by atoms with Gasteiger partial charge in [-0.15, -0.1) is 0 Å². The molecule has 2 unspecified atom stereocenters. The molecule has 1 aromatic heterocycles. The number of nitrogens with one attached hydrogen (secondary N) is 1. The van der Waals surface area contributed by atoms with E-state index in [1.54, 1.807) is 0 Å². The van der Waals surface area contributed by atoms with Crippen LogP contribution in [0.15, 0.2) is 12.4 Å². The van der Waals surface area contributed by atoms with Crippen molar-refractivity contribution in [2.75, 3.05) is 18.0 Å². The van der Waals surface area contributed by atoms with Crippen molar-refractivity contribution in [2.45, 2.75) is 51.5 Å². The van der Waals surface area contributed by atoms with Crippen LogP contribution in [0.2, 0.25) is 0 Å². The van der Waals surface area contributed by atoms with Gasteiger partial charge < -0.3 is 15.0 Å². The standard InChI is InChI=1S/C14H22N4O/c1-10-8-18(9-11(2)19-10)14-7-15-5-13(17-14)6-16-12-3-4-12/h5,7,10-12,16H,3-4,6,8-9H2,1-2H3. The number of hydrogen-bond acceptors (Lipinski definition) is 5. The summed E-state index contributed by atoms with van der Waals surface area (Å²) in [6.07, 6.45) is 6.80. The van der Waals surface area contributed by atoms with E-state index in [-0.39, 0.29) is 12.2 Å². The van der Waals surface area contributed by atoms with Gasteiger partial charge in [0.2, 0.25) is 0 Å². The average Bonchev–Trinajstić information content (AvgIpc) is 3.20. The molecule has 5 nitrogen and oxygen atoms in total. The first-order valence-corrected chi connectivity index (χ1v) is 7.15. The molecule has 19 heavy (non-hydrogen) atoms. The molecule has 1 saturated carbocycles. The highest BCUT2D eigenvalue weighted by Crippen LogP contribution is 2.20. The summed E-state index contributed by atoms with van der Waals surface area (Å²) in [5, 5.41) is 3.47. The van der Waals surface area contributed by atoms with Crippen molar-refractivity contribution < 1.29 is 4.74 Å². The molecule has 2 atom stereocenters. The number of anilines is 1. The summed E-state index contributed by atoms with van der Waals surface area (Å²) in [5.74, 6) is 0.970. The fraction of sp³-hybridized carbons (Fsp3) is 0.714. The highest BCUT2D eigenvalue weighted by atomic mass is 16.5. The lowest BCUT2D eigenvalue weighted by Crippen LogP contribution is -2.46. The van der Waals surface area contributed by atoms with Crippen molar-refractivity contribution >= 4 is 5.82 Å². The number of nitrogens with zero attached hydrogens (tertiary/aromatic N) is 3. The Morgan fingerprint density at radius 2 is 2.00 bits per heavy atom. The summed E-state index contributed by atoms with van der Waals surface area (Å²) >= 11 is 0. The van der Waals surface area contributed by atoms with E-state index in [2.05, 4.69) is 29.0 Å². The Hall–Kier alpha value is -1.20. The van der Waals surface area contributed by atoms with Crippen LogP contribution in [0.1, 0.15) is 32.4 Å². The Morgan fingerprint density at radius 1 is 1.26 bits per heavy atom. The first-order chi connectivity index (χ1) is 9.20. The zero-order valence-corrected chi connectivity index (χ0v) is 11.7. The number of morpholine rings is 1. The number of aromatic nitrogens is 2. The van der Waals surface area contributed by atoms with Crippen LogP contribution in [-0.4, -0.2) is 41.3 Å². The first kappa shape index (κ1) is 12.8. The summed E-state index contributed by atoms with van der Waals surface area (Å²) in [6, 6.07) is 0.703. The fourth-order valence-corrected chi connectivity index (χ4v) is 2.53. The van der Waals surface area contributed by atoms with E-state index in [1.807, 2.05) is 12.4 Å². The second kappa shape index (κ2) is 5.43. The van der Waals surface area contributed by atoms with Crippen LogP contribution in [0.5, 0.6) is 0 Å². The van der Waals surface area contributed by atoms with E-state index in [1.165, 1.54) is 12.8 Å². The van der Waals surface area contributed by atoms with Crippen LogP contribution in [0.25, 0.3) is 0 Å². The molecule has 1 N–H and O–H groups in total. The Labute approximate surface area is 114 Å². The number of ether oxygens (including phenoxy) is 1. The molecule has 1 saturated heterocycles. The molecule has 1 aromatic rings. The maximum absolute atomic E-state index is 5.75. The lowest BCUT2D eigenvalue weighted by molar-refractivity contribution is -0.00548. The summed E-state index contributed by atoms with van der Waals surface area (Å²) < 4.78 is 5.75. The van der Waals surface area contributed by atoms with E-state index in [4.69, 9.17) is 9.72 Å². The average molecular weight is 262 g/mol. The summed E-state index contributed by atoms with van der Waals surface area (Å²) in [6.45, 7) is 6.81. The lowest BCUT2D eigenvalue weighted by Gasteiger charge is -2.35. The van der Waals surface area contributed by atoms with Gasteiger partial charge in [0.25, 0.3) is 0 Å². The van der Waals surface area contributed by atoms with Gasteiger partial charge in [-0.2, -0.15) is 0 Å². The largest absolute Gasteiger partial charge is 0.372 e. The topological polar surface area (TPSA) is 50.3 Å². The van der Waals surface area contributed by atoms with E-state index < -0.39 is 0 Å². The molecule has 1 aliphatic heterocycles. The quantitative estimate of drug-likeness (QED) is 0.887. The highest BCUT2D eigenvalue weighted by Gasteiger charge is 2.24. The molecular weight excluding hydrogens is 240 g/mol. The number of rotatable bonds is 4. The van der Waals surface area contributed by atoms with E-state index >= 15 is 0 Å². The van der Waals surface area contributed by atoms with E-state index in [0.717, 1.165) is 31.1 Å². The highest BCUT2D eigenvalue weighted by molar-refractivity contribution is 5.37. The van der Waals surface area contributed by atoms with Gasteiger partial charge in [-0.1, -0.05) is 0 Å². The van der Waals surface area contributed by atoms with Gasteiger partial charge in [0.1, 0.15) is 5.82 Å². The summed E-state index contributed by atoms with van der Waals surface area (Å²) in [7, 11) is 0. The molecular formula is C14H22N4O. The van der Waals surface area contributed by atoms with Crippen molar-refractivity contribution in [1.29, 1.82) is 0 Å². The smallest absolute Gasteiger partial charge is 0.147 e. The van der Waals surface area contributed by atoms with E-state index in [0.29, 0.717) is 6.04 Å². The maximum atomic E-state index is 5.75. The molecule has 2 fully saturated rings. The monoisotopic (exact) mass is 262 g/mol. The molecule has 2 aliphatic rings. The van der Waals surface area contributed by atoms with Crippen molar-refractivity contribution in [3.8, 4) is 0 Å². The third kappa shape index (κ3) is 3.42. The van der Waals surface area contributed by atoms with E-state index in [9.17, 15) is 0 Å². The first-order valence-electron chi connectivity index (χ1n) is 7.15. The van der Waals surface area contributed by atoms with Gasteiger partial charge in [-0.05, 0) is 26.7 Å². The van der Waals surface area contributed by atoms with Gasteiger partial charge in [0.15, 0.2) is 0 Å². The van der Waals surface area contributed by atoms with Crippen LogP contribution in [0.4, 0.5) is 5.82 Å². The molecule has 3 rings (SSSR count). The molecule has 0 amide bonds. The Bertz CT molecular complexity index is 425. The molecule has 0 aromatic carbocycles. The third-order valence-corrected chi connectivity index (χ3v) is 3.56. The van der Waals surface area contributed by atoms with Crippen molar-refractivity contribution in [3.63, 3.8) is 0 Å². The van der Waals surface area contributed by atoms with Crippen LogP contribution >= 0.6 is 0 Å². The predicted molar refractivity (Wildman–Crippen MR) is 74.1 cm³/mol. The minimum atomic E-state index is 0.249. The number of hydrogen-bond donors (Lipinski definition) is 1. The van der Waals surface area contributed by atoms with Gasteiger partial charge in [0.05, 0.1) is 24.1 Å². The molecule has 2 heterocycles. The van der Waals surface area contributed by atoms with Gasteiger partial charge in [-0.3, -0.25) is 4.98 Å². The zero-order chi connectivity index (χ0) is 13.2. The van der Waals surface area contributed by atoms with Crippen molar-refractivity contribution in [1.82, 2.24) is 15.3 Å². The minimum absolute atomic E-state index is 0.249. The zero-order valence-electron chi connectivity index (χ0n) is 11.7. The third-order valence-electron chi connectivity index (χ3n) is 3.56. The van der Waals surface area contributed by atoms with Gasteiger partial charge in [-0.25, -0.2) is 4.98 Å². The second-order valence-corrected chi connectivity index (χ2v) is 5.69. The molecule has 104 valence electrons. The van der Waals surface area contributed by atoms with Crippen molar-refractivity contribution in [2.24, 2.45) is 0 Å². The molecule has 0 radical (unpaired) electrons. The molecule has 0 spiro atoms. The molecule has 1 aliphatic carbocycles. The fourth-order valence-electron chi connectivity index (χ4n) is 2.53. The summed E-state index contributed by atoms with van der Waals surface area (Å²) in [4.78, 5) is 11.3. The molecule has 5 heteroatoms. The van der Waals surface area contributed by atoms with Crippen LogP contribution in [0.3, 0.4) is 0 Å². The van der Waals surface area contributed by atoms with Gasteiger partial charge >= 0.3 is 0 Å². The second-order valence-electron chi connectivity index (χ2n) is 5.69. The van der Waals surface area contributed by atoms with Gasteiger partial charge in [0, 0.05) is 31.9 Å².